The van der Waals surface area contributed by atoms with Gasteiger partial charge in [-0.25, -0.2) is 0 Å². The second kappa shape index (κ2) is 6.86. The Labute approximate surface area is 146 Å². The first kappa shape index (κ1) is 17.5. The second-order valence-corrected chi connectivity index (χ2v) is 6.94. The zero-order chi connectivity index (χ0) is 18.1. The summed E-state index contributed by atoms with van der Waals surface area (Å²) in [5.41, 5.74) is 0.496. The number of aromatic amines is 1. The maximum Gasteiger partial charge on any atom is 0.309 e. The van der Waals surface area contributed by atoms with E-state index in [1.54, 1.807) is 30.9 Å². The molecule has 0 spiro atoms. The van der Waals surface area contributed by atoms with E-state index >= 15 is 0 Å². The van der Waals surface area contributed by atoms with Gasteiger partial charge in [0.15, 0.2) is 0 Å². The monoisotopic (exact) mass is 344 g/mol. The van der Waals surface area contributed by atoms with Crippen LogP contribution in [0.3, 0.4) is 0 Å². The number of likely N-dealkylation sites (tertiary alicyclic amines) is 1. The Bertz CT molecular complexity index is 767. The summed E-state index contributed by atoms with van der Waals surface area (Å²) in [6, 6.07) is 3.29. The van der Waals surface area contributed by atoms with E-state index in [1.807, 2.05) is 13.0 Å². The summed E-state index contributed by atoms with van der Waals surface area (Å²) in [4.78, 5) is 41.6. The minimum atomic E-state index is -0.370. The van der Waals surface area contributed by atoms with Crippen LogP contribution in [0.25, 0.3) is 0 Å². The maximum atomic E-state index is 12.8. The number of nitrogens with one attached hydrogen (secondary N) is 1. The molecule has 1 fully saturated rings. The molecule has 1 amide bonds. The first-order chi connectivity index (χ1) is 11.9. The number of rotatable bonds is 3. The standard InChI is InChI=1S/C19H24N2O4/c1-4-25-19(24)16-11(2)5-7-13-9-21(10-15(13)16)18(23)14-8-6-12(3)20-17(14)22/h5-8,11,13,15-16H,4,9-10H2,1-3H3,(H,20,22)/t11-,13-,15-,16-/m0/s1. The Kier molecular flexibility index (Phi) is 4.79. The lowest BCUT2D eigenvalue weighted by Gasteiger charge is -2.31. The predicted octanol–water partition coefficient (Wildman–Crippen LogP) is 1.76. The van der Waals surface area contributed by atoms with Crippen LogP contribution in [-0.4, -0.2) is 41.5 Å². The van der Waals surface area contributed by atoms with E-state index in [0.29, 0.717) is 19.7 Å². The molecule has 3 rings (SSSR count). The molecule has 2 heterocycles. The van der Waals surface area contributed by atoms with Gasteiger partial charge < -0.3 is 14.6 Å². The third kappa shape index (κ3) is 3.25. The van der Waals surface area contributed by atoms with Gasteiger partial charge in [0.2, 0.25) is 0 Å². The average Bonchev–Trinajstić information content (AvgIpc) is 2.98. The van der Waals surface area contributed by atoms with Crippen molar-refractivity contribution in [2.45, 2.75) is 20.8 Å². The minimum absolute atomic E-state index is 0.0347. The normalized spacial score (nSPS) is 27.9. The van der Waals surface area contributed by atoms with Gasteiger partial charge in [-0.3, -0.25) is 14.4 Å². The van der Waals surface area contributed by atoms with Crippen molar-refractivity contribution >= 4 is 11.9 Å². The lowest BCUT2D eigenvalue weighted by Crippen LogP contribution is -2.38. The van der Waals surface area contributed by atoms with E-state index in [0.717, 1.165) is 5.69 Å². The molecule has 6 heteroatoms. The summed E-state index contributed by atoms with van der Waals surface area (Å²) in [5.74, 6) is -0.482. The molecule has 0 unspecified atom stereocenters. The van der Waals surface area contributed by atoms with Gasteiger partial charge in [0.25, 0.3) is 11.5 Å². The van der Waals surface area contributed by atoms with Crippen LogP contribution in [0.15, 0.2) is 29.1 Å². The number of hydrogen-bond donors (Lipinski definition) is 1. The number of nitrogens with zero attached hydrogens (tertiary/aromatic N) is 1. The van der Waals surface area contributed by atoms with Gasteiger partial charge in [0.1, 0.15) is 5.56 Å². The van der Waals surface area contributed by atoms with Crippen LogP contribution in [0.2, 0.25) is 0 Å². The van der Waals surface area contributed by atoms with E-state index < -0.39 is 0 Å². The molecule has 1 saturated heterocycles. The fraction of sp³-hybridized carbons (Fsp3) is 0.526. The maximum absolute atomic E-state index is 12.8. The number of fused-ring (bicyclic) bond motifs is 1. The number of pyridine rings is 1. The summed E-state index contributed by atoms with van der Waals surface area (Å²) in [7, 11) is 0. The number of allylic oxidation sites excluding steroid dienone is 1. The highest BCUT2D eigenvalue weighted by Gasteiger charge is 2.46. The summed E-state index contributed by atoms with van der Waals surface area (Å²) < 4.78 is 5.24. The van der Waals surface area contributed by atoms with Crippen molar-refractivity contribution in [3.63, 3.8) is 0 Å². The Balaban J connectivity index is 1.82. The summed E-state index contributed by atoms with van der Waals surface area (Å²) in [6.07, 6.45) is 4.13. The second-order valence-electron chi connectivity index (χ2n) is 6.94. The van der Waals surface area contributed by atoms with Crippen LogP contribution in [0, 0.1) is 30.6 Å². The highest BCUT2D eigenvalue weighted by molar-refractivity contribution is 5.94. The average molecular weight is 344 g/mol. The highest BCUT2D eigenvalue weighted by atomic mass is 16.5. The molecule has 0 aromatic carbocycles. The van der Waals surface area contributed by atoms with Crippen molar-refractivity contribution in [3.8, 4) is 0 Å². The van der Waals surface area contributed by atoms with Gasteiger partial charge in [-0.05, 0) is 43.7 Å². The smallest absolute Gasteiger partial charge is 0.309 e. The quantitative estimate of drug-likeness (QED) is 0.669. The van der Waals surface area contributed by atoms with E-state index in [-0.39, 0.29) is 46.7 Å². The van der Waals surface area contributed by atoms with Gasteiger partial charge in [0, 0.05) is 18.8 Å². The van der Waals surface area contributed by atoms with Crippen molar-refractivity contribution in [1.29, 1.82) is 0 Å². The Hall–Kier alpha value is -2.37. The molecule has 4 atom stereocenters. The van der Waals surface area contributed by atoms with Crippen LogP contribution in [0.1, 0.15) is 29.9 Å². The molecule has 1 aromatic heterocycles. The van der Waals surface area contributed by atoms with E-state index in [4.69, 9.17) is 4.74 Å². The largest absolute Gasteiger partial charge is 0.466 e. The predicted molar refractivity (Wildman–Crippen MR) is 93.1 cm³/mol. The van der Waals surface area contributed by atoms with Crippen molar-refractivity contribution in [2.24, 2.45) is 23.7 Å². The zero-order valence-corrected chi connectivity index (χ0v) is 14.8. The first-order valence-corrected chi connectivity index (χ1v) is 8.76. The fourth-order valence-corrected chi connectivity index (χ4v) is 3.97. The molecule has 1 aliphatic heterocycles. The highest BCUT2D eigenvalue weighted by Crippen LogP contribution is 2.40. The number of carbonyl (C=O) groups is 2. The first-order valence-electron chi connectivity index (χ1n) is 8.76. The fourth-order valence-electron chi connectivity index (χ4n) is 3.97. The molecule has 134 valence electrons. The minimum Gasteiger partial charge on any atom is -0.466 e. The third-order valence-corrected chi connectivity index (χ3v) is 5.23. The number of aromatic nitrogens is 1. The zero-order valence-electron chi connectivity index (χ0n) is 14.8. The van der Waals surface area contributed by atoms with Crippen LogP contribution in [0.5, 0.6) is 0 Å². The molecule has 0 saturated carbocycles. The Morgan fingerprint density at radius 2 is 2.04 bits per heavy atom. The van der Waals surface area contributed by atoms with Gasteiger partial charge in [0.05, 0.1) is 12.5 Å². The van der Waals surface area contributed by atoms with Crippen LogP contribution < -0.4 is 5.56 Å². The van der Waals surface area contributed by atoms with Gasteiger partial charge in [-0.2, -0.15) is 0 Å². The number of H-pyrrole nitrogens is 1. The van der Waals surface area contributed by atoms with E-state index in [1.165, 1.54) is 0 Å². The van der Waals surface area contributed by atoms with Gasteiger partial charge in [-0.15, -0.1) is 0 Å². The molecule has 1 aliphatic carbocycles. The Morgan fingerprint density at radius 1 is 1.28 bits per heavy atom. The SMILES string of the molecule is CCOC(=O)[C@@H]1[C@H]2CN(C(=O)c3ccc(C)[nH]c3=O)C[C@@H]2C=C[C@@H]1C. The lowest BCUT2D eigenvalue weighted by molar-refractivity contribution is -0.152. The third-order valence-electron chi connectivity index (χ3n) is 5.23. The molecule has 0 bridgehead atoms. The van der Waals surface area contributed by atoms with E-state index in [2.05, 4.69) is 11.1 Å². The number of hydrogen-bond acceptors (Lipinski definition) is 4. The number of esters is 1. The van der Waals surface area contributed by atoms with Crippen molar-refractivity contribution in [1.82, 2.24) is 9.88 Å². The molecule has 0 radical (unpaired) electrons. The van der Waals surface area contributed by atoms with Crippen molar-refractivity contribution in [2.75, 3.05) is 19.7 Å². The molecule has 2 aliphatic rings. The lowest BCUT2D eigenvalue weighted by atomic mass is 9.72. The topological polar surface area (TPSA) is 79.5 Å². The molecule has 25 heavy (non-hydrogen) atoms. The van der Waals surface area contributed by atoms with Crippen molar-refractivity contribution in [3.05, 3.63) is 45.9 Å². The van der Waals surface area contributed by atoms with Gasteiger partial charge in [-0.1, -0.05) is 19.1 Å². The number of carbonyl (C=O) groups excluding carboxylic acids is 2. The number of amides is 1. The molecule has 1 N–H and O–H groups in total. The van der Waals surface area contributed by atoms with Crippen LogP contribution in [-0.2, 0) is 9.53 Å². The summed E-state index contributed by atoms with van der Waals surface area (Å²) >= 11 is 0. The molecule has 6 nitrogen and oxygen atoms in total. The van der Waals surface area contributed by atoms with Crippen LogP contribution in [0.4, 0.5) is 0 Å². The van der Waals surface area contributed by atoms with Crippen LogP contribution >= 0.6 is 0 Å². The molecular formula is C19H24N2O4. The number of ether oxygens (including phenoxy) is 1. The summed E-state index contributed by atoms with van der Waals surface area (Å²) in [6.45, 7) is 6.92. The molecule has 1 aromatic rings. The van der Waals surface area contributed by atoms with E-state index in [9.17, 15) is 14.4 Å². The Morgan fingerprint density at radius 3 is 2.72 bits per heavy atom. The summed E-state index contributed by atoms with van der Waals surface area (Å²) in [5, 5.41) is 0. The molecular weight excluding hydrogens is 320 g/mol. The van der Waals surface area contributed by atoms with Gasteiger partial charge >= 0.3 is 5.97 Å². The number of aryl methyl sites for hydroxylation is 1. The van der Waals surface area contributed by atoms with Crippen molar-refractivity contribution < 1.29 is 14.3 Å².